The van der Waals surface area contributed by atoms with Gasteiger partial charge in [-0.2, -0.15) is 0 Å². The van der Waals surface area contributed by atoms with Crippen molar-refractivity contribution in [3.05, 3.63) is 0 Å². The van der Waals surface area contributed by atoms with Gasteiger partial charge in [0.25, 0.3) is 0 Å². The number of carbonyl (C=O) groups is 3. The second-order valence-electron chi connectivity index (χ2n) is 3.37. The monoisotopic (exact) mass is 215 g/mol. The summed E-state index contributed by atoms with van der Waals surface area (Å²) in [6.07, 6.45) is -0.582. The predicted octanol–water partition coefficient (Wildman–Crippen LogP) is -0.774. The molecule has 1 aliphatic rings. The number of rotatable bonds is 2. The van der Waals surface area contributed by atoms with Crippen LogP contribution in [0.25, 0.3) is 0 Å². The molecule has 84 valence electrons. The molecule has 1 amide bonds. The predicted molar refractivity (Wildman–Crippen MR) is 48.7 cm³/mol. The second-order valence-corrected chi connectivity index (χ2v) is 3.37. The molecule has 0 unspecified atom stereocenters. The Morgan fingerprint density at radius 3 is 2.53 bits per heavy atom. The fourth-order valence-corrected chi connectivity index (χ4v) is 1.58. The lowest BCUT2D eigenvalue weighted by Crippen LogP contribution is -2.45. The summed E-state index contributed by atoms with van der Waals surface area (Å²) in [5.74, 6) is -2.33. The zero-order chi connectivity index (χ0) is 11.6. The molecule has 1 fully saturated rings. The molecule has 0 aromatic heterocycles. The third kappa shape index (κ3) is 2.26. The number of esters is 2. The van der Waals surface area contributed by atoms with Crippen LogP contribution in [0.3, 0.4) is 0 Å². The maximum absolute atomic E-state index is 11.4. The van der Waals surface area contributed by atoms with Crippen molar-refractivity contribution < 1.29 is 23.9 Å². The van der Waals surface area contributed by atoms with E-state index in [2.05, 4.69) is 10.1 Å². The van der Waals surface area contributed by atoms with E-state index in [1.165, 1.54) is 14.0 Å². The minimum absolute atomic E-state index is 0.389. The number of methoxy groups -OCH3 is 1. The van der Waals surface area contributed by atoms with E-state index in [9.17, 15) is 14.4 Å². The molecule has 0 aromatic carbocycles. The normalized spacial score (nSPS) is 29.5. The van der Waals surface area contributed by atoms with Crippen LogP contribution in [0, 0.1) is 5.92 Å². The summed E-state index contributed by atoms with van der Waals surface area (Å²) >= 11 is 0. The van der Waals surface area contributed by atoms with Crippen molar-refractivity contribution in [2.75, 3.05) is 7.11 Å². The van der Waals surface area contributed by atoms with Crippen molar-refractivity contribution in [3.8, 4) is 0 Å². The van der Waals surface area contributed by atoms with Gasteiger partial charge in [0.15, 0.2) is 0 Å². The lowest BCUT2D eigenvalue weighted by molar-refractivity contribution is -0.147. The Kier molecular flexibility index (Phi) is 3.28. The standard InChI is InChI=1S/C9H13NO5/c1-4-6(8(12)14-3)7(9(13)15-4)10-5(2)11/h4,6-7H,1-3H3,(H,10,11)/t4-,6-,7+/m1/s1. The number of cyclic esters (lactones) is 1. The zero-order valence-electron chi connectivity index (χ0n) is 8.77. The summed E-state index contributed by atoms with van der Waals surface area (Å²) in [6.45, 7) is 2.85. The Morgan fingerprint density at radius 1 is 1.47 bits per heavy atom. The molecule has 0 radical (unpaired) electrons. The van der Waals surface area contributed by atoms with Gasteiger partial charge in [0.1, 0.15) is 18.1 Å². The van der Waals surface area contributed by atoms with Crippen molar-refractivity contribution in [1.29, 1.82) is 0 Å². The molecule has 1 heterocycles. The first-order valence-corrected chi connectivity index (χ1v) is 4.52. The maximum atomic E-state index is 11.4. The van der Waals surface area contributed by atoms with E-state index in [1.807, 2.05) is 0 Å². The summed E-state index contributed by atoms with van der Waals surface area (Å²) in [7, 11) is 1.22. The van der Waals surface area contributed by atoms with Crippen LogP contribution < -0.4 is 5.32 Å². The largest absolute Gasteiger partial charge is 0.469 e. The summed E-state index contributed by atoms with van der Waals surface area (Å²) in [6, 6.07) is -0.940. The van der Waals surface area contributed by atoms with Crippen LogP contribution >= 0.6 is 0 Å². The Bertz CT molecular complexity index is 301. The van der Waals surface area contributed by atoms with Gasteiger partial charge in [-0.3, -0.25) is 9.59 Å². The van der Waals surface area contributed by atoms with Gasteiger partial charge in [-0.25, -0.2) is 4.79 Å². The lowest BCUT2D eigenvalue weighted by atomic mass is 9.98. The SMILES string of the molecule is COC(=O)[C@H]1[C@H](NC(C)=O)C(=O)O[C@@H]1C. The summed E-state index contributed by atoms with van der Waals surface area (Å²) < 4.78 is 9.40. The zero-order valence-corrected chi connectivity index (χ0v) is 8.77. The first-order chi connectivity index (χ1) is 6.97. The number of hydrogen-bond donors (Lipinski definition) is 1. The summed E-state index contributed by atoms with van der Waals surface area (Å²) in [5, 5.41) is 2.37. The van der Waals surface area contributed by atoms with Gasteiger partial charge in [-0.1, -0.05) is 0 Å². The highest BCUT2D eigenvalue weighted by atomic mass is 16.6. The van der Waals surface area contributed by atoms with Gasteiger partial charge >= 0.3 is 11.9 Å². The number of amides is 1. The van der Waals surface area contributed by atoms with Crippen LogP contribution in [0.1, 0.15) is 13.8 Å². The van der Waals surface area contributed by atoms with E-state index in [0.29, 0.717) is 0 Å². The number of hydrogen-bond acceptors (Lipinski definition) is 5. The van der Waals surface area contributed by atoms with Gasteiger partial charge in [0.05, 0.1) is 7.11 Å². The molecule has 0 aromatic rings. The fourth-order valence-electron chi connectivity index (χ4n) is 1.58. The van der Waals surface area contributed by atoms with Crippen LogP contribution in [-0.2, 0) is 23.9 Å². The van der Waals surface area contributed by atoms with Crippen LogP contribution in [0.15, 0.2) is 0 Å². The molecular formula is C9H13NO5. The molecule has 1 saturated heterocycles. The van der Waals surface area contributed by atoms with Gasteiger partial charge in [0, 0.05) is 6.92 Å². The Labute approximate surface area is 86.9 Å². The average molecular weight is 215 g/mol. The molecule has 6 heteroatoms. The molecule has 0 saturated carbocycles. The minimum atomic E-state index is -0.940. The smallest absolute Gasteiger partial charge is 0.329 e. The molecule has 1 N–H and O–H groups in total. The highest BCUT2D eigenvalue weighted by Crippen LogP contribution is 2.23. The number of carbonyl (C=O) groups excluding carboxylic acids is 3. The molecule has 0 bridgehead atoms. The van der Waals surface area contributed by atoms with Crippen molar-refractivity contribution in [2.24, 2.45) is 5.92 Å². The number of nitrogens with one attached hydrogen (secondary N) is 1. The first kappa shape index (κ1) is 11.5. The van der Waals surface area contributed by atoms with Crippen LogP contribution in [0.5, 0.6) is 0 Å². The van der Waals surface area contributed by atoms with Crippen molar-refractivity contribution in [2.45, 2.75) is 26.0 Å². The quantitative estimate of drug-likeness (QED) is 0.611. The third-order valence-corrected chi connectivity index (χ3v) is 2.25. The Morgan fingerprint density at radius 2 is 2.07 bits per heavy atom. The lowest BCUT2D eigenvalue weighted by Gasteiger charge is -2.15. The van der Waals surface area contributed by atoms with Crippen LogP contribution in [-0.4, -0.2) is 37.1 Å². The van der Waals surface area contributed by atoms with Gasteiger partial charge in [-0.05, 0) is 6.92 Å². The minimum Gasteiger partial charge on any atom is -0.469 e. The highest BCUT2D eigenvalue weighted by Gasteiger charge is 2.47. The van der Waals surface area contributed by atoms with Crippen molar-refractivity contribution >= 4 is 17.8 Å². The second kappa shape index (κ2) is 4.29. The van der Waals surface area contributed by atoms with Crippen molar-refractivity contribution in [1.82, 2.24) is 5.32 Å². The first-order valence-electron chi connectivity index (χ1n) is 4.52. The molecule has 3 atom stereocenters. The fraction of sp³-hybridized carbons (Fsp3) is 0.667. The topological polar surface area (TPSA) is 81.7 Å². The van der Waals surface area contributed by atoms with Gasteiger partial charge in [-0.15, -0.1) is 0 Å². The maximum Gasteiger partial charge on any atom is 0.329 e. The van der Waals surface area contributed by atoms with Crippen molar-refractivity contribution in [3.63, 3.8) is 0 Å². The molecule has 0 aliphatic carbocycles. The molecule has 0 spiro atoms. The van der Waals surface area contributed by atoms with E-state index in [4.69, 9.17) is 4.74 Å². The molecule has 15 heavy (non-hydrogen) atoms. The Balaban J connectivity index is 2.84. The highest BCUT2D eigenvalue weighted by molar-refractivity contribution is 5.91. The van der Waals surface area contributed by atoms with Crippen LogP contribution in [0.4, 0.5) is 0 Å². The molecule has 1 aliphatic heterocycles. The van der Waals surface area contributed by atoms with Gasteiger partial charge in [0.2, 0.25) is 5.91 Å². The molecular weight excluding hydrogens is 202 g/mol. The summed E-state index contributed by atoms with van der Waals surface area (Å²) in [5.41, 5.74) is 0. The molecule has 6 nitrogen and oxygen atoms in total. The van der Waals surface area contributed by atoms with E-state index in [1.54, 1.807) is 6.92 Å². The van der Waals surface area contributed by atoms with Crippen LogP contribution in [0.2, 0.25) is 0 Å². The van der Waals surface area contributed by atoms with E-state index >= 15 is 0 Å². The number of ether oxygens (including phenoxy) is 2. The van der Waals surface area contributed by atoms with Gasteiger partial charge < -0.3 is 14.8 Å². The van der Waals surface area contributed by atoms with E-state index in [-0.39, 0.29) is 5.91 Å². The summed E-state index contributed by atoms with van der Waals surface area (Å²) in [4.78, 5) is 33.5. The Hall–Kier alpha value is -1.59. The molecule has 1 rings (SSSR count). The van der Waals surface area contributed by atoms with E-state index < -0.39 is 30.0 Å². The van der Waals surface area contributed by atoms with E-state index in [0.717, 1.165) is 0 Å². The third-order valence-electron chi connectivity index (χ3n) is 2.25. The average Bonchev–Trinajstić information content (AvgIpc) is 2.40.